The highest BCUT2D eigenvalue weighted by Crippen LogP contribution is 2.22. The van der Waals surface area contributed by atoms with Gasteiger partial charge in [-0.05, 0) is 18.1 Å². The van der Waals surface area contributed by atoms with Gasteiger partial charge in [-0.15, -0.1) is 0 Å². The Hall–Kier alpha value is -2.67. The Bertz CT molecular complexity index is 772. The molecule has 26 heavy (non-hydrogen) atoms. The molecular formula is C19H23N3O4. The second-order valence-electron chi connectivity index (χ2n) is 6.38. The summed E-state index contributed by atoms with van der Waals surface area (Å²) in [6.07, 6.45) is 0.619. The standard InChI is InChI=1S/C19H23N3O4/c1-26-18(14-6-3-2-4-7-14)19(25)21-10-5-11-22-16(13-21)12-15(20-22)8-9-17(23)24/h2-4,6-7,12,18H,5,8-11,13H2,1H3,(H,23,24)/t18-/m1/s1. The summed E-state index contributed by atoms with van der Waals surface area (Å²) in [6.45, 7) is 1.81. The number of fused-ring (bicyclic) bond motifs is 1. The minimum atomic E-state index is -0.837. The molecule has 0 radical (unpaired) electrons. The molecule has 0 unspecified atom stereocenters. The van der Waals surface area contributed by atoms with Crippen LogP contribution in [0.2, 0.25) is 0 Å². The number of aryl methyl sites for hydroxylation is 2. The van der Waals surface area contributed by atoms with Crippen LogP contribution in [0.4, 0.5) is 0 Å². The van der Waals surface area contributed by atoms with Gasteiger partial charge >= 0.3 is 5.97 Å². The molecule has 0 spiro atoms. The van der Waals surface area contributed by atoms with E-state index in [2.05, 4.69) is 5.10 Å². The number of carboxylic acids is 1. The number of methoxy groups -OCH3 is 1. The highest BCUT2D eigenvalue weighted by Gasteiger charge is 2.28. The van der Waals surface area contributed by atoms with Gasteiger partial charge in [-0.3, -0.25) is 14.3 Å². The number of hydrogen-bond donors (Lipinski definition) is 1. The Kier molecular flexibility index (Phi) is 5.68. The van der Waals surface area contributed by atoms with Crippen LogP contribution < -0.4 is 0 Å². The van der Waals surface area contributed by atoms with Crippen molar-refractivity contribution in [3.63, 3.8) is 0 Å². The van der Waals surface area contributed by atoms with Crippen LogP contribution in [-0.4, -0.2) is 45.3 Å². The first kappa shape index (κ1) is 18.1. The largest absolute Gasteiger partial charge is 0.481 e. The van der Waals surface area contributed by atoms with Crippen molar-refractivity contribution < 1.29 is 19.4 Å². The molecule has 3 rings (SSSR count). The zero-order valence-electron chi connectivity index (χ0n) is 14.8. The Morgan fingerprint density at radius 1 is 1.27 bits per heavy atom. The normalized spacial score (nSPS) is 15.2. The maximum Gasteiger partial charge on any atom is 0.303 e. The second-order valence-corrected chi connectivity index (χ2v) is 6.38. The third-order valence-electron chi connectivity index (χ3n) is 4.53. The molecule has 7 heteroatoms. The maximum atomic E-state index is 13.0. The lowest BCUT2D eigenvalue weighted by Crippen LogP contribution is -2.35. The van der Waals surface area contributed by atoms with Crippen molar-refractivity contribution in [2.75, 3.05) is 13.7 Å². The molecule has 0 fully saturated rings. The van der Waals surface area contributed by atoms with Crippen LogP contribution >= 0.6 is 0 Å². The molecular weight excluding hydrogens is 334 g/mol. The number of carboxylic acid groups (broad SMARTS) is 1. The molecule has 0 bridgehead atoms. The molecule has 1 amide bonds. The Morgan fingerprint density at radius 3 is 2.73 bits per heavy atom. The number of carbonyl (C=O) groups excluding carboxylic acids is 1. The summed E-state index contributed by atoms with van der Waals surface area (Å²) in [7, 11) is 1.54. The van der Waals surface area contributed by atoms with Crippen molar-refractivity contribution in [3.05, 3.63) is 53.3 Å². The summed E-state index contributed by atoms with van der Waals surface area (Å²) in [5, 5.41) is 13.3. The van der Waals surface area contributed by atoms with E-state index in [-0.39, 0.29) is 12.3 Å². The van der Waals surface area contributed by atoms with E-state index in [1.807, 2.05) is 41.1 Å². The molecule has 7 nitrogen and oxygen atoms in total. The van der Waals surface area contributed by atoms with Crippen molar-refractivity contribution in [2.45, 2.75) is 38.5 Å². The van der Waals surface area contributed by atoms with Crippen LogP contribution in [0.25, 0.3) is 0 Å². The summed E-state index contributed by atoms with van der Waals surface area (Å²) < 4.78 is 7.36. The van der Waals surface area contributed by atoms with Gasteiger partial charge in [0.1, 0.15) is 0 Å². The van der Waals surface area contributed by atoms with Crippen LogP contribution in [-0.2, 0) is 33.8 Å². The minimum Gasteiger partial charge on any atom is -0.481 e. The fraction of sp³-hybridized carbons (Fsp3) is 0.421. The fourth-order valence-electron chi connectivity index (χ4n) is 3.24. The SMILES string of the molecule is CO[C@@H](C(=O)N1CCCn2nc(CCC(=O)O)cc2C1)c1ccccc1. The summed E-state index contributed by atoms with van der Waals surface area (Å²) in [5.41, 5.74) is 2.52. The summed E-state index contributed by atoms with van der Waals surface area (Å²) in [5.74, 6) is -0.906. The second kappa shape index (κ2) is 8.14. The topological polar surface area (TPSA) is 84.7 Å². The molecule has 0 aliphatic carbocycles. The van der Waals surface area contributed by atoms with Crippen LogP contribution in [0.1, 0.15) is 35.9 Å². The van der Waals surface area contributed by atoms with E-state index in [1.54, 1.807) is 12.0 Å². The minimum absolute atomic E-state index is 0.0544. The number of aromatic nitrogens is 2. The van der Waals surface area contributed by atoms with Crippen molar-refractivity contribution in [2.24, 2.45) is 0 Å². The first-order chi connectivity index (χ1) is 12.6. The fourth-order valence-corrected chi connectivity index (χ4v) is 3.24. The van der Waals surface area contributed by atoms with Gasteiger partial charge < -0.3 is 14.7 Å². The Balaban J connectivity index is 1.75. The molecule has 2 aromatic rings. The van der Waals surface area contributed by atoms with Crippen molar-refractivity contribution >= 4 is 11.9 Å². The van der Waals surface area contributed by atoms with Gasteiger partial charge in [0.15, 0.2) is 6.10 Å². The molecule has 1 aliphatic rings. The van der Waals surface area contributed by atoms with Crippen LogP contribution in [0.5, 0.6) is 0 Å². The number of rotatable bonds is 6. The number of hydrogen-bond acceptors (Lipinski definition) is 4. The van der Waals surface area contributed by atoms with E-state index in [1.165, 1.54) is 0 Å². The molecule has 1 aliphatic heterocycles. The Morgan fingerprint density at radius 2 is 2.04 bits per heavy atom. The van der Waals surface area contributed by atoms with E-state index in [0.29, 0.717) is 19.5 Å². The third-order valence-corrected chi connectivity index (χ3v) is 4.53. The lowest BCUT2D eigenvalue weighted by Gasteiger charge is -2.25. The average Bonchev–Trinajstić information content (AvgIpc) is 2.91. The number of benzene rings is 1. The summed E-state index contributed by atoms with van der Waals surface area (Å²) in [4.78, 5) is 25.6. The van der Waals surface area contributed by atoms with Gasteiger partial charge in [-0.2, -0.15) is 5.10 Å². The zero-order chi connectivity index (χ0) is 18.5. The van der Waals surface area contributed by atoms with E-state index < -0.39 is 12.1 Å². The predicted octanol–water partition coefficient (Wildman–Crippen LogP) is 2.02. The molecule has 0 saturated carbocycles. The molecule has 138 valence electrons. The first-order valence-electron chi connectivity index (χ1n) is 8.72. The van der Waals surface area contributed by atoms with E-state index in [9.17, 15) is 9.59 Å². The molecule has 1 aromatic heterocycles. The van der Waals surface area contributed by atoms with Crippen LogP contribution in [0.3, 0.4) is 0 Å². The number of ether oxygens (including phenoxy) is 1. The highest BCUT2D eigenvalue weighted by atomic mass is 16.5. The lowest BCUT2D eigenvalue weighted by atomic mass is 10.1. The van der Waals surface area contributed by atoms with E-state index in [4.69, 9.17) is 9.84 Å². The smallest absolute Gasteiger partial charge is 0.303 e. The van der Waals surface area contributed by atoms with Gasteiger partial charge in [0, 0.05) is 26.6 Å². The highest BCUT2D eigenvalue weighted by molar-refractivity contribution is 5.82. The molecule has 1 aromatic carbocycles. The zero-order valence-corrected chi connectivity index (χ0v) is 14.8. The van der Waals surface area contributed by atoms with Crippen molar-refractivity contribution in [1.82, 2.24) is 14.7 Å². The van der Waals surface area contributed by atoms with Crippen LogP contribution in [0.15, 0.2) is 36.4 Å². The van der Waals surface area contributed by atoms with Gasteiger partial charge in [-0.1, -0.05) is 30.3 Å². The van der Waals surface area contributed by atoms with Gasteiger partial charge in [0.05, 0.1) is 24.4 Å². The number of carbonyl (C=O) groups is 2. The number of aliphatic carboxylic acids is 1. The lowest BCUT2D eigenvalue weighted by molar-refractivity contribution is -0.143. The van der Waals surface area contributed by atoms with Gasteiger partial charge in [0.25, 0.3) is 5.91 Å². The van der Waals surface area contributed by atoms with Crippen LogP contribution in [0, 0.1) is 0 Å². The average molecular weight is 357 g/mol. The quantitative estimate of drug-likeness (QED) is 0.855. The number of nitrogens with zero attached hydrogens (tertiary/aromatic N) is 3. The van der Waals surface area contributed by atoms with Crippen molar-refractivity contribution in [1.29, 1.82) is 0 Å². The predicted molar refractivity (Wildman–Crippen MR) is 94.4 cm³/mol. The first-order valence-corrected chi connectivity index (χ1v) is 8.72. The summed E-state index contributed by atoms with van der Waals surface area (Å²) >= 11 is 0. The maximum absolute atomic E-state index is 13.0. The Labute approximate surface area is 152 Å². The molecule has 1 atom stereocenters. The van der Waals surface area contributed by atoms with Gasteiger partial charge in [0.2, 0.25) is 0 Å². The van der Waals surface area contributed by atoms with E-state index in [0.717, 1.165) is 29.9 Å². The summed E-state index contributed by atoms with van der Waals surface area (Å²) in [6, 6.07) is 11.4. The molecule has 0 saturated heterocycles. The van der Waals surface area contributed by atoms with Gasteiger partial charge in [-0.25, -0.2) is 0 Å². The number of amides is 1. The van der Waals surface area contributed by atoms with E-state index >= 15 is 0 Å². The van der Waals surface area contributed by atoms with Crippen molar-refractivity contribution in [3.8, 4) is 0 Å². The monoisotopic (exact) mass is 357 g/mol. The molecule has 1 N–H and O–H groups in total. The third kappa shape index (κ3) is 4.11. The molecule has 2 heterocycles.